The van der Waals surface area contributed by atoms with Gasteiger partial charge in [-0.15, -0.1) is 0 Å². The van der Waals surface area contributed by atoms with Crippen LogP contribution in [-0.4, -0.2) is 19.1 Å². The third-order valence-electron chi connectivity index (χ3n) is 2.17. The number of hydrogen-bond donors (Lipinski definition) is 1. The van der Waals surface area contributed by atoms with Crippen LogP contribution in [0.2, 0.25) is 0 Å². The highest BCUT2D eigenvalue weighted by molar-refractivity contribution is 5.47. The first-order valence-electron chi connectivity index (χ1n) is 4.44. The van der Waals surface area contributed by atoms with E-state index < -0.39 is 12.0 Å². The van der Waals surface area contributed by atoms with Crippen LogP contribution in [0.15, 0.2) is 24.3 Å². The van der Waals surface area contributed by atoms with Gasteiger partial charge in [0.2, 0.25) is 0 Å². The molecule has 76 valence electrons. The van der Waals surface area contributed by atoms with Gasteiger partial charge in [0.05, 0.1) is 6.42 Å². The number of rotatable bonds is 3. The van der Waals surface area contributed by atoms with Crippen LogP contribution in [0.1, 0.15) is 6.42 Å². The third-order valence-corrected chi connectivity index (χ3v) is 2.17. The second-order valence-electron chi connectivity index (χ2n) is 3.35. The lowest BCUT2D eigenvalue weighted by Gasteiger charge is -2.06. The molecular formula is C10H11F2NO. The van der Waals surface area contributed by atoms with Crippen LogP contribution >= 0.6 is 0 Å². The topological polar surface area (TPSA) is 21.3 Å². The summed E-state index contributed by atoms with van der Waals surface area (Å²) in [4.78, 5) is 0. The van der Waals surface area contributed by atoms with Gasteiger partial charge in [-0.05, 0) is 12.1 Å². The molecule has 1 N–H and O–H groups in total. The molecule has 0 spiro atoms. The number of hydrogen-bond acceptors (Lipinski definition) is 2. The van der Waals surface area contributed by atoms with Crippen molar-refractivity contribution in [1.82, 2.24) is 0 Å². The van der Waals surface area contributed by atoms with Gasteiger partial charge in [0.1, 0.15) is 5.75 Å². The average Bonchev–Trinajstić information content (AvgIpc) is 2.74. The van der Waals surface area contributed by atoms with Gasteiger partial charge >= 0.3 is 0 Å². The Kier molecular flexibility index (Phi) is 2.06. The highest BCUT2D eigenvalue weighted by Gasteiger charge is 2.59. The van der Waals surface area contributed by atoms with E-state index in [-0.39, 0.29) is 6.42 Å². The summed E-state index contributed by atoms with van der Waals surface area (Å²) in [5.41, 5.74) is 0.853. The highest BCUT2D eigenvalue weighted by Crippen LogP contribution is 2.44. The Morgan fingerprint density at radius 1 is 1.50 bits per heavy atom. The number of benzene rings is 1. The number of alkyl halides is 2. The minimum absolute atomic E-state index is 0.170. The molecule has 2 nitrogen and oxygen atoms in total. The van der Waals surface area contributed by atoms with Gasteiger partial charge in [-0.1, -0.05) is 6.07 Å². The molecule has 1 aliphatic carbocycles. The van der Waals surface area contributed by atoms with E-state index >= 15 is 0 Å². The summed E-state index contributed by atoms with van der Waals surface area (Å²) in [7, 11) is 1.77. The fourth-order valence-electron chi connectivity index (χ4n) is 1.21. The standard InChI is InChI=1S/C10H11F2NO/c1-13-7-3-2-4-8(5-7)14-9-6-10(9,11)12/h2-5,9,13H,6H2,1H3. The molecule has 1 aliphatic rings. The van der Waals surface area contributed by atoms with E-state index in [1.54, 1.807) is 25.2 Å². The van der Waals surface area contributed by atoms with Crippen molar-refractivity contribution in [1.29, 1.82) is 0 Å². The normalized spacial score (nSPS) is 22.9. The molecule has 1 aromatic carbocycles. The minimum atomic E-state index is -2.63. The number of anilines is 1. The second kappa shape index (κ2) is 3.12. The predicted molar refractivity (Wildman–Crippen MR) is 50.0 cm³/mol. The lowest BCUT2D eigenvalue weighted by Crippen LogP contribution is -2.07. The molecule has 0 aliphatic heterocycles. The Morgan fingerprint density at radius 3 is 2.79 bits per heavy atom. The Hall–Kier alpha value is -1.32. The summed E-state index contributed by atoms with van der Waals surface area (Å²) in [6.07, 6.45) is -1.11. The van der Waals surface area contributed by atoms with E-state index in [4.69, 9.17) is 4.74 Å². The summed E-state index contributed by atoms with van der Waals surface area (Å²) >= 11 is 0. The van der Waals surface area contributed by atoms with Crippen molar-refractivity contribution >= 4 is 5.69 Å². The maximum atomic E-state index is 12.5. The van der Waals surface area contributed by atoms with E-state index in [1.165, 1.54) is 0 Å². The predicted octanol–water partition coefficient (Wildman–Crippen LogP) is 2.51. The Labute approximate surface area is 80.9 Å². The van der Waals surface area contributed by atoms with E-state index in [2.05, 4.69) is 5.32 Å². The van der Waals surface area contributed by atoms with Crippen molar-refractivity contribution in [3.63, 3.8) is 0 Å². The summed E-state index contributed by atoms with van der Waals surface area (Å²) in [5, 5.41) is 2.91. The molecule has 2 rings (SSSR count). The van der Waals surface area contributed by atoms with Crippen LogP contribution in [0.4, 0.5) is 14.5 Å². The first-order chi connectivity index (χ1) is 6.62. The Morgan fingerprint density at radius 2 is 2.21 bits per heavy atom. The molecule has 0 amide bonds. The van der Waals surface area contributed by atoms with E-state index in [1.807, 2.05) is 6.07 Å². The van der Waals surface area contributed by atoms with Crippen LogP contribution in [0, 0.1) is 0 Å². The summed E-state index contributed by atoms with van der Waals surface area (Å²) in [6.45, 7) is 0. The molecule has 0 radical (unpaired) electrons. The van der Waals surface area contributed by atoms with E-state index in [0.29, 0.717) is 5.75 Å². The van der Waals surface area contributed by atoms with Crippen LogP contribution in [0.5, 0.6) is 5.75 Å². The number of nitrogens with one attached hydrogen (secondary N) is 1. The molecule has 0 saturated heterocycles. The van der Waals surface area contributed by atoms with Crippen LogP contribution in [0.25, 0.3) is 0 Å². The lowest BCUT2D eigenvalue weighted by atomic mass is 10.3. The van der Waals surface area contributed by atoms with E-state index in [9.17, 15) is 8.78 Å². The maximum Gasteiger partial charge on any atom is 0.288 e. The number of ether oxygens (including phenoxy) is 1. The largest absolute Gasteiger partial charge is 0.484 e. The van der Waals surface area contributed by atoms with Crippen molar-refractivity contribution < 1.29 is 13.5 Å². The monoisotopic (exact) mass is 199 g/mol. The fraction of sp³-hybridized carbons (Fsp3) is 0.400. The molecule has 0 aromatic heterocycles. The average molecular weight is 199 g/mol. The summed E-state index contributed by atoms with van der Waals surface area (Å²) in [6, 6.07) is 6.99. The molecule has 1 aromatic rings. The Balaban J connectivity index is 2.03. The smallest absolute Gasteiger partial charge is 0.288 e. The van der Waals surface area contributed by atoms with Gasteiger partial charge in [0, 0.05) is 18.8 Å². The second-order valence-corrected chi connectivity index (χ2v) is 3.35. The summed E-state index contributed by atoms with van der Waals surface area (Å²) < 4.78 is 30.1. The van der Waals surface area contributed by atoms with Gasteiger partial charge in [-0.25, -0.2) is 8.78 Å². The zero-order valence-electron chi connectivity index (χ0n) is 7.76. The van der Waals surface area contributed by atoms with Crippen molar-refractivity contribution in [2.75, 3.05) is 12.4 Å². The minimum Gasteiger partial charge on any atom is -0.484 e. The maximum absolute atomic E-state index is 12.5. The SMILES string of the molecule is CNc1cccc(OC2CC2(F)F)c1. The number of halogens is 2. The van der Waals surface area contributed by atoms with Crippen molar-refractivity contribution in [2.24, 2.45) is 0 Å². The zero-order chi connectivity index (χ0) is 10.2. The van der Waals surface area contributed by atoms with Crippen LogP contribution < -0.4 is 10.1 Å². The summed E-state index contributed by atoms with van der Waals surface area (Å²) in [5.74, 6) is -2.14. The van der Waals surface area contributed by atoms with Gasteiger partial charge in [0.25, 0.3) is 5.92 Å². The first-order valence-corrected chi connectivity index (χ1v) is 4.44. The van der Waals surface area contributed by atoms with Crippen molar-refractivity contribution in [3.05, 3.63) is 24.3 Å². The zero-order valence-corrected chi connectivity index (χ0v) is 7.76. The van der Waals surface area contributed by atoms with E-state index in [0.717, 1.165) is 5.69 Å². The van der Waals surface area contributed by atoms with Gasteiger partial charge in [-0.2, -0.15) is 0 Å². The molecule has 0 bridgehead atoms. The quantitative estimate of drug-likeness (QED) is 0.807. The molecule has 0 heterocycles. The fourth-order valence-corrected chi connectivity index (χ4v) is 1.21. The molecule has 1 unspecified atom stereocenters. The third kappa shape index (κ3) is 1.78. The van der Waals surface area contributed by atoms with Gasteiger partial charge in [0.15, 0.2) is 6.10 Å². The molecule has 1 atom stereocenters. The molecule has 1 fully saturated rings. The lowest BCUT2D eigenvalue weighted by molar-refractivity contribution is 0.0665. The van der Waals surface area contributed by atoms with Gasteiger partial charge in [-0.3, -0.25) is 0 Å². The Bertz CT molecular complexity index is 341. The molecular weight excluding hydrogens is 188 g/mol. The highest BCUT2D eigenvalue weighted by atomic mass is 19.3. The van der Waals surface area contributed by atoms with Crippen molar-refractivity contribution in [3.8, 4) is 5.75 Å². The van der Waals surface area contributed by atoms with Crippen molar-refractivity contribution in [2.45, 2.75) is 18.4 Å². The van der Waals surface area contributed by atoms with Gasteiger partial charge < -0.3 is 10.1 Å². The molecule has 1 saturated carbocycles. The first kappa shape index (κ1) is 9.24. The van der Waals surface area contributed by atoms with Crippen LogP contribution in [-0.2, 0) is 0 Å². The molecule has 14 heavy (non-hydrogen) atoms. The van der Waals surface area contributed by atoms with Crippen LogP contribution in [0.3, 0.4) is 0 Å². The molecule has 4 heteroatoms.